The maximum Gasteiger partial charge on any atom is 0.333 e. The molecule has 0 spiro atoms. The molecule has 1 atom stereocenters. The van der Waals surface area contributed by atoms with Crippen molar-refractivity contribution >= 4 is 28.7 Å². The van der Waals surface area contributed by atoms with Gasteiger partial charge in [0.1, 0.15) is 23.0 Å². The first-order chi connectivity index (χ1) is 18.3. The number of halogens is 2. The lowest BCUT2D eigenvalue weighted by Crippen LogP contribution is -2.47. The van der Waals surface area contributed by atoms with Gasteiger partial charge in [0.25, 0.3) is 11.5 Å². The summed E-state index contributed by atoms with van der Waals surface area (Å²) < 4.78 is 35.7. The normalized spacial score (nSPS) is 21.2. The Morgan fingerprint density at radius 1 is 1.00 bits per heavy atom. The molecule has 0 bridgehead atoms. The van der Waals surface area contributed by atoms with Crippen LogP contribution in [-0.4, -0.2) is 43.7 Å². The van der Waals surface area contributed by atoms with Crippen molar-refractivity contribution in [3.63, 3.8) is 0 Å². The Hall–Kier alpha value is -3.21. The van der Waals surface area contributed by atoms with Crippen LogP contribution < -0.4 is 21.3 Å². The van der Waals surface area contributed by atoms with Crippen LogP contribution in [0.15, 0.2) is 46.1 Å². The van der Waals surface area contributed by atoms with Crippen LogP contribution >= 0.6 is 11.8 Å². The first-order valence-corrected chi connectivity index (χ1v) is 14.1. The van der Waals surface area contributed by atoms with Crippen LogP contribution in [0.3, 0.4) is 0 Å². The summed E-state index contributed by atoms with van der Waals surface area (Å²) in [7, 11) is 0. The van der Waals surface area contributed by atoms with Crippen molar-refractivity contribution in [3.05, 3.63) is 69.0 Å². The largest absolute Gasteiger partial charge is 0.481 e. The van der Waals surface area contributed by atoms with Gasteiger partial charge in [-0.2, -0.15) is 11.8 Å². The molecule has 1 aromatic carbocycles. The minimum absolute atomic E-state index is 0.0886. The monoisotopic (exact) mass is 544 g/mol. The maximum atomic E-state index is 14.1. The lowest BCUT2D eigenvalue weighted by atomic mass is 9.90. The summed E-state index contributed by atoms with van der Waals surface area (Å²) >= 11 is 1.83. The number of nitrogens with zero attached hydrogens (tertiary/aromatic N) is 3. The van der Waals surface area contributed by atoms with Gasteiger partial charge in [-0.15, -0.1) is 0 Å². The number of pyridine rings is 1. The quantitative estimate of drug-likeness (QED) is 0.505. The summed E-state index contributed by atoms with van der Waals surface area (Å²) in [4.78, 5) is 43.9. The summed E-state index contributed by atoms with van der Waals surface area (Å²) in [6.45, 7) is 1.62. The Bertz CT molecular complexity index is 1430. The molecule has 2 aromatic heterocycles. The highest BCUT2D eigenvalue weighted by Gasteiger charge is 2.30. The molecule has 202 valence electrons. The lowest BCUT2D eigenvalue weighted by Gasteiger charge is -2.32. The topological polar surface area (TPSA) is 95.2 Å². The van der Waals surface area contributed by atoms with E-state index >= 15 is 0 Å². The smallest absolute Gasteiger partial charge is 0.333 e. The van der Waals surface area contributed by atoms with E-state index in [2.05, 4.69) is 10.3 Å². The molecule has 5 rings (SSSR count). The number of hydrogen-bond acceptors (Lipinski definition) is 6. The van der Waals surface area contributed by atoms with Gasteiger partial charge in [0.15, 0.2) is 6.10 Å². The third-order valence-electron chi connectivity index (χ3n) is 7.38. The second kappa shape index (κ2) is 11.3. The van der Waals surface area contributed by atoms with Crippen molar-refractivity contribution in [2.45, 2.75) is 69.7 Å². The van der Waals surface area contributed by atoms with E-state index in [1.165, 1.54) is 34.9 Å². The molecule has 1 aliphatic carbocycles. The van der Waals surface area contributed by atoms with Crippen molar-refractivity contribution in [1.82, 2.24) is 19.4 Å². The molecular weight excluding hydrogens is 514 g/mol. The Kier molecular flexibility index (Phi) is 7.83. The third kappa shape index (κ3) is 5.48. The molecule has 1 unspecified atom stereocenters. The molecule has 1 N–H and O–H groups in total. The van der Waals surface area contributed by atoms with E-state index in [1.54, 1.807) is 11.5 Å². The Balaban J connectivity index is 1.32. The van der Waals surface area contributed by atoms with E-state index in [-0.39, 0.29) is 40.9 Å². The zero-order valence-corrected chi connectivity index (χ0v) is 21.9. The van der Waals surface area contributed by atoms with Gasteiger partial charge in [-0.05, 0) is 87.3 Å². The predicted octanol–water partition coefficient (Wildman–Crippen LogP) is 3.97. The standard InChI is InChI=1S/C27H30F2N4O4S/c1-16(37-22-8-2-17(28)3-9-22)25(34)31-19-4-6-20(7-5-19)33-26(35)23-14-18(29)15-30-24(23)32(27(33)36)21-10-12-38-13-11-21/h2-3,8-9,14-16,19-21H,4-7,10-13H2,1H3,(H,31,34). The number of carbonyl (C=O) groups is 1. The number of benzene rings is 1. The molecule has 1 amide bonds. The van der Waals surface area contributed by atoms with Crippen LogP contribution in [-0.2, 0) is 4.79 Å². The molecule has 11 heteroatoms. The third-order valence-corrected chi connectivity index (χ3v) is 8.43. The van der Waals surface area contributed by atoms with E-state index in [0.717, 1.165) is 30.5 Å². The molecule has 38 heavy (non-hydrogen) atoms. The molecule has 1 aliphatic heterocycles. The SMILES string of the molecule is CC(Oc1ccc(F)cc1)C(=O)NC1CCC(n2c(=O)c3cc(F)cnc3n(C3CCSCC3)c2=O)CC1. The molecule has 2 fully saturated rings. The Labute approximate surface area is 222 Å². The molecule has 2 aliphatic rings. The van der Waals surface area contributed by atoms with Gasteiger partial charge in [0, 0.05) is 18.1 Å². The number of aromatic nitrogens is 3. The van der Waals surface area contributed by atoms with Gasteiger partial charge in [-0.1, -0.05) is 0 Å². The van der Waals surface area contributed by atoms with E-state index in [9.17, 15) is 23.2 Å². The Morgan fingerprint density at radius 2 is 1.66 bits per heavy atom. The van der Waals surface area contributed by atoms with Crippen molar-refractivity contribution < 1.29 is 18.3 Å². The first-order valence-electron chi connectivity index (χ1n) is 12.9. The van der Waals surface area contributed by atoms with Crippen LogP contribution in [0.2, 0.25) is 0 Å². The highest BCUT2D eigenvalue weighted by Crippen LogP contribution is 2.30. The molecule has 8 nitrogen and oxygen atoms in total. The second-order valence-corrected chi connectivity index (χ2v) is 11.1. The van der Waals surface area contributed by atoms with E-state index in [4.69, 9.17) is 4.74 Å². The number of fused-ring (bicyclic) bond motifs is 1. The van der Waals surface area contributed by atoms with Gasteiger partial charge >= 0.3 is 5.69 Å². The number of amides is 1. The first kappa shape index (κ1) is 26.4. The number of thioether (sulfide) groups is 1. The van der Waals surface area contributed by atoms with Gasteiger partial charge in [0.2, 0.25) is 0 Å². The number of carbonyl (C=O) groups excluding carboxylic acids is 1. The van der Waals surface area contributed by atoms with E-state index in [0.29, 0.717) is 31.4 Å². The molecule has 0 radical (unpaired) electrons. The highest BCUT2D eigenvalue weighted by atomic mass is 32.2. The van der Waals surface area contributed by atoms with Gasteiger partial charge in [0.05, 0.1) is 11.6 Å². The number of rotatable bonds is 6. The van der Waals surface area contributed by atoms with E-state index < -0.39 is 23.2 Å². The van der Waals surface area contributed by atoms with Crippen molar-refractivity contribution in [2.75, 3.05) is 11.5 Å². The Morgan fingerprint density at radius 3 is 2.34 bits per heavy atom. The predicted molar refractivity (Wildman–Crippen MR) is 142 cm³/mol. The maximum absolute atomic E-state index is 14.1. The van der Waals surface area contributed by atoms with Gasteiger partial charge in [-0.3, -0.25) is 18.7 Å². The zero-order valence-electron chi connectivity index (χ0n) is 21.1. The van der Waals surface area contributed by atoms with Crippen molar-refractivity contribution in [3.8, 4) is 5.75 Å². The number of hydrogen-bond donors (Lipinski definition) is 1. The molecule has 3 heterocycles. The average Bonchev–Trinajstić information content (AvgIpc) is 2.92. The van der Waals surface area contributed by atoms with Gasteiger partial charge < -0.3 is 10.1 Å². The molecule has 1 saturated carbocycles. The molecule has 1 saturated heterocycles. The minimum Gasteiger partial charge on any atom is -0.481 e. The van der Waals surface area contributed by atoms with Crippen LogP contribution in [0.25, 0.3) is 11.0 Å². The average molecular weight is 545 g/mol. The van der Waals surface area contributed by atoms with Crippen LogP contribution in [0.5, 0.6) is 5.75 Å². The van der Waals surface area contributed by atoms with Crippen LogP contribution in [0.1, 0.15) is 57.5 Å². The highest BCUT2D eigenvalue weighted by molar-refractivity contribution is 7.99. The minimum atomic E-state index is -0.774. The number of nitrogens with one attached hydrogen (secondary N) is 1. The lowest BCUT2D eigenvalue weighted by molar-refractivity contribution is -0.128. The van der Waals surface area contributed by atoms with Crippen LogP contribution in [0, 0.1) is 11.6 Å². The summed E-state index contributed by atoms with van der Waals surface area (Å²) in [5.41, 5.74) is -0.676. The summed E-state index contributed by atoms with van der Waals surface area (Å²) in [6, 6.07) is 6.05. The molecular formula is C27H30F2N4O4S. The fourth-order valence-electron chi connectivity index (χ4n) is 5.37. The fraction of sp³-hybridized carbons (Fsp3) is 0.481. The van der Waals surface area contributed by atoms with E-state index in [1.807, 2.05) is 11.8 Å². The van der Waals surface area contributed by atoms with Crippen LogP contribution in [0.4, 0.5) is 8.78 Å². The van der Waals surface area contributed by atoms with Crippen molar-refractivity contribution in [2.24, 2.45) is 0 Å². The number of ether oxygens (including phenoxy) is 1. The zero-order chi connectivity index (χ0) is 26.8. The summed E-state index contributed by atoms with van der Waals surface area (Å²) in [5.74, 6) is 0.920. The summed E-state index contributed by atoms with van der Waals surface area (Å²) in [6.07, 6.45) is 4.03. The second-order valence-electron chi connectivity index (χ2n) is 9.92. The molecule has 3 aromatic rings. The fourth-order valence-corrected chi connectivity index (χ4v) is 6.45. The summed E-state index contributed by atoms with van der Waals surface area (Å²) in [5, 5.41) is 3.10. The van der Waals surface area contributed by atoms with Crippen molar-refractivity contribution in [1.29, 1.82) is 0 Å². The van der Waals surface area contributed by atoms with Gasteiger partial charge in [-0.25, -0.2) is 18.6 Å².